The van der Waals surface area contributed by atoms with Gasteiger partial charge in [0.05, 0.1) is 18.3 Å². The fraction of sp³-hybridized carbons (Fsp3) is 0.348. The number of aromatic nitrogens is 4. The molecule has 1 unspecified atom stereocenters. The van der Waals surface area contributed by atoms with Crippen molar-refractivity contribution in [2.45, 2.75) is 32.7 Å². The van der Waals surface area contributed by atoms with E-state index in [4.69, 9.17) is 4.74 Å². The van der Waals surface area contributed by atoms with Crippen molar-refractivity contribution in [2.24, 2.45) is 0 Å². The molecule has 172 valence electrons. The first kappa shape index (κ1) is 22.5. The molecule has 1 aromatic carbocycles. The number of benzene rings is 1. The van der Waals surface area contributed by atoms with Gasteiger partial charge < -0.3 is 15.0 Å². The Kier molecular flexibility index (Phi) is 6.71. The predicted molar refractivity (Wildman–Crippen MR) is 118 cm³/mol. The second-order valence-corrected chi connectivity index (χ2v) is 7.71. The van der Waals surface area contributed by atoms with E-state index in [1.807, 2.05) is 11.8 Å². The number of amides is 1. The van der Waals surface area contributed by atoms with Gasteiger partial charge in [-0.15, -0.1) is 0 Å². The van der Waals surface area contributed by atoms with Crippen LogP contribution in [0.25, 0.3) is 11.6 Å². The van der Waals surface area contributed by atoms with Crippen LogP contribution in [0.1, 0.15) is 37.6 Å². The molecule has 0 aliphatic carbocycles. The molecule has 8 nitrogen and oxygen atoms in total. The van der Waals surface area contributed by atoms with Crippen molar-refractivity contribution in [2.75, 3.05) is 24.6 Å². The van der Waals surface area contributed by atoms with E-state index in [-0.39, 0.29) is 24.3 Å². The normalized spacial score (nSPS) is 15.2. The molecule has 1 amide bonds. The van der Waals surface area contributed by atoms with E-state index < -0.39 is 11.6 Å². The number of nitrogens with zero attached hydrogens (tertiary/aromatic N) is 5. The van der Waals surface area contributed by atoms with Crippen molar-refractivity contribution in [3.8, 4) is 17.4 Å². The first-order valence-electron chi connectivity index (χ1n) is 10.7. The van der Waals surface area contributed by atoms with Crippen LogP contribution in [-0.2, 0) is 11.2 Å². The number of halogens is 2. The minimum Gasteiger partial charge on any atom is -0.490 e. The largest absolute Gasteiger partial charge is 0.490 e. The Hall–Kier alpha value is -3.69. The summed E-state index contributed by atoms with van der Waals surface area (Å²) in [5.41, 5.74) is 2.30. The molecule has 3 heterocycles. The summed E-state index contributed by atoms with van der Waals surface area (Å²) in [4.78, 5) is 30.3. The number of carbonyl (C=O) groups is 1. The summed E-state index contributed by atoms with van der Waals surface area (Å²) in [6.07, 6.45) is 6.09. The van der Waals surface area contributed by atoms with Crippen molar-refractivity contribution < 1.29 is 18.3 Å². The second kappa shape index (κ2) is 9.85. The second-order valence-electron chi connectivity index (χ2n) is 7.71. The van der Waals surface area contributed by atoms with Crippen LogP contribution in [0.5, 0.6) is 5.75 Å². The Labute approximate surface area is 190 Å². The smallest absolute Gasteiger partial charge is 0.216 e. The fourth-order valence-corrected chi connectivity index (χ4v) is 3.78. The summed E-state index contributed by atoms with van der Waals surface area (Å²) in [5, 5.41) is 2.64. The van der Waals surface area contributed by atoms with E-state index in [1.165, 1.54) is 19.1 Å². The van der Waals surface area contributed by atoms with Crippen molar-refractivity contribution in [3.63, 3.8) is 0 Å². The van der Waals surface area contributed by atoms with Gasteiger partial charge in [0.1, 0.15) is 0 Å². The molecule has 2 aromatic heterocycles. The van der Waals surface area contributed by atoms with E-state index in [0.29, 0.717) is 43.3 Å². The Morgan fingerprint density at radius 2 is 2.00 bits per heavy atom. The summed E-state index contributed by atoms with van der Waals surface area (Å²) in [7, 11) is 0. The highest BCUT2D eigenvalue weighted by Gasteiger charge is 2.28. The molecule has 0 spiro atoms. The third kappa shape index (κ3) is 5.05. The fourth-order valence-electron chi connectivity index (χ4n) is 3.78. The maximum absolute atomic E-state index is 14.4. The number of anilines is 1. The van der Waals surface area contributed by atoms with Gasteiger partial charge in [-0.05, 0) is 19.4 Å². The number of nitrogens with one attached hydrogen (secondary N) is 1. The average Bonchev–Trinajstić information content (AvgIpc) is 2.82. The van der Waals surface area contributed by atoms with Crippen molar-refractivity contribution in [1.29, 1.82) is 0 Å². The lowest BCUT2D eigenvalue weighted by Gasteiger charge is -2.36. The molecule has 0 fully saturated rings. The van der Waals surface area contributed by atoms with E-state index in [9.17, 15) is 13.6 Å². The van der Waals surface area contributed by atoms with Crippen LogP contribution in [0.4, 0.5) is 14.5 Å². The lowest BCUT2D eigenvalue weighted by molar-refractivity contribution is -0.118. The van der Waals surface area contributed by atoms with Gasteiger partial charge in [-0.3, -0.25) is 4.79 Å². The highest BCUT2D eigenvalue weighted by Crippen LogP contribution is 2.36. The number of hydrogen-bond acceptors (Lipinski definition) is 7. The summed E-state index contributed by atoms with van der Waals surface area (Å²) >= 11 is 0. The minimum atomic E-state index is -1.03. The highest BCUT2D eigenvalue weighted by atomic mass is 19.2. The van der Waals surface area contributed by atoms with Crippen LogP contribution < -0.4 is 15.0 Å². The molecule has 0 bridgehead atoms. The molecule has 10 heteroatoms. The van der Waals surface area contributed by atoms with Crippen LogP contribution in [0.15, 0.2) is 36.8 Å². The maximum atomic E-state index is 14.4. The van der Waals surface area contributed by atoms with Gasteiger partial charge in [0.2, 0.25) is 11.7 Å². The molecule has 0 saturated carbocycles. The van der Waals surface area contributed by atoms with Gasteiger partial charge in [0.25, 0.3) is 0 Å². The van der Waals surface area contributed by atoms with Gasteiger partial charge in [0.15, 0.2) is 23.2 Å². The van der Waals surface area contributed by atoms with Gasteiger partial charge in [-0.25, -0.2) is 24.3 Å². The Balaban J connectivity index is 1.52. The lowest BCUT2D eigenvalue weighted by atomic mass is 9.98. The van der Waals surface area contributed by atoms with E-state index in [2.05, 4.69) is 25.3 Å². The molecule has 1 aliphatic heterocycles. The van der Waals surface area contributed by atoms with Crippen LogP contribution >= 0.6 is 0 Å². The number of carbonyl (C=O) groups excluding carboxylic acids is 1. The molecule has 1 atom stereocenters. The number of ether oxygens (including phenoxy) is 1. The maximum Gasteiger partial charge on any atom is 0.216 e. The zero-order chi connectivity index (χ0) is 23.4. The molecule has 0 radical (unpaired) electrons. The Morgan fingerprint density at radius 3 is 2.76 bits per heavy atom. The van der Waals surface area contributed by atoms with E-state index in [0.717, 1.165) is 11.3 Å². The predicted octanol–water partition coefficient (Wildman–Crippen LogP) is 3.24. The molecular formula is C23H24F2N6O2. The zero-order valence-corrected chi connectivity index (χ0v) is 18.4. The topological polar surface area (TPSA) is 93.1 Å². The van der Waals surface area contributed by atoms with Gasteiger partial charge in [0, 0.05) is 68.4 Å². The summed E-state index contributed by atoms with van der Waals surface area (Å²) < 4.78 is 34.1. The first-order valence-corrected chi connectivity index (χ1v) is 10.7. The van der Waals surface area contributed by atoms with Crippen molar-refractivity contribution in [1.82, 2.24) is 25.3 Å². The van der Waals surface area contributed by atoms with E-state index >= 15 is 0 Å². The molecule has 1 aliphatic rings. The molecular weight excluding hydrogens is 430 g/mol. The van der Waals surface area contributed by atoms with Crippen molar-refractivity contribution in [3.05, 3.63) is 59.7 Å². The number of rotatable bonds is 7. The molecule has 0 saturated heterocycles. The van der Waals surface area contributed by atoms with Crippen LogP contribution in [0.3, 0.4) is 0 Å². The zero-order valence-electron chi connectivity index (χ0n) is 18.4. The molecule has 3 aromatic rings. The SMILES string of the molecule is CC(=O)NCCCOc1cc(N2CCc3nc(-c4ncccn4)ncc3C2C)cc(F)c1F. The summed E-state index contributed by atoms with van der Waals surface area (Å²) in [6, 6.07) is 4.25. The van der Waals surface area contributed by atoms with Crippen LogP contribution in [0.2, 0.25) is 0 Å². The monoisotopic (exact) mass is 454 g/mol. The van der Waals surface area contributed by atoms with Gasteiger partial charge in [-0.1, -0.05) is 0 Å². The minimum absolute atomic E-state index is 0.149. The van der Waals surface area contributed by atoms with Crippen LogP contribution in [0, 0.1) is 11.6 Å². The summed E-state index contributed by atoms with van der Waals surface area (Å²) in [5.74, 6) is -1.40. The molecule has 33 heavy (non-hydrogen) atoms. The van der Waals surface area contributed by atoms with Crippen LogP contribution in [-0.4, -0.2) is 45.5 Å². The highest BCUT2D eigenvalue weighted by molar-refractivity contribution is 5.72. The van der Waals surface area contributed by atoms with Gasteiger partial charge >= 0.3 is 0 Å². The van der Waals surface area contributed by atoms with Crippen molar-refractivity contribution >= 4 is 11.6 Å². The van der Waals surface area contributed by atoms with E-state index in [1.54, 1.807) is 24.7 Å². The standard InChI is InChI=1S/C23H24F2N6O2/c1-14-17-13-29-23(22-27-6-3-7-28-22)30-19(17)5-9-31(14)16-11-18(24)21(25)20(12-16)33-10-4-8-26-15(2)32/h3,6-7,11-14H,4-5,8-10H2,1-2H3,(H,26,32). The Bertz CT molecular complexity index is 1150. The van der Waals surface area contributed by atoms with Gasteiger partial charge in [-0.2, -0.15) is 4.39 Å². The lowest BCUT2D eigenvalue weighted by Crippen LogP contribution is -2.35. The Morgan fingerprint density at radius 1 is 1.21 bits per heavy atom. The molecule has 4 rings (SSSR count). The first-order chi connectivity index (χ1) is 15.9. The molecule has 1 N–H and O–H groups in total. The number of fused-ring (bicyclic) bond motifs is 1. The number of hydrogen-bond donors (Lipinski definition) is 1. The average molecular weight is 454 g/mol. The third-order valence-corrected chi connectivity index (χ3v) is 5.44. The third-order valence-electron chi connectivity index (χ3n) is 5.44. The summed E-state index contributed by atoms with van der Waals surface area (Å²) in [6.45, 7) is 4.49. The quantitative estimate of drug-likeness (QED) is 0.548.